The molecule has 0 spiro atoms. The van der Waals surface area contributed by atoms with Crippen LogP contribution in [0.3, 0.4) is 0 Å². The third-order valence-electron chi connectivity index (χ3n) is 3.30. The van der Waals surface area contributed by atoms with E-state index in [2.05, 4.69) is 36.3 Å². The molecule has 0 saturated carbocycles. The zero-order chi connectivity index (χ0) is 13.7. The van der Waals surface area contributed by atoms with Crippen LogP contribution in [-0.2, 0) is 0 Å². The van der Waals surface area contributed by atoms with E-state index in [1.54, 1.807) is 7.11 Å². The van der Waals surface area contributed by atoms with Crippen LogP contribution in [0.15, 0.2) is 48.8 Å². The smallest absolute Gasteiger partial charge is 0.119 e. The van der Waals surface area contributed by atoms with Gasteiger partial charge in [-0.05, 0) is 49.2 Å². The van der Waals surface area contributed by atoms with Crippen molar-refractivity contribution in [1.29, 1.82) is 0 Å². The molecular weight excluding hydrogens is 236 g/mol. The summed E-state index contributed by atoms with van der Waals surface area (Å²) in [6.07, 6.45) is 3.65. The zero-order valence-electron chi connectivity index (χ0n) is 11.6. The molecular formula is C16H20N2O. The maximum atomic E-state index is 5.26. The van der Waals surface area contributed by atoms with Gasteiger partial charge in [0.15, 0.2) is 0 Å². The topological polar surface area (TPSA) is 34.1 Å². The minimum Gasteiger partial charge on any atom is -0.497 e. The lowest BCUT2D eigenvalue weighted by Gasteiger charge is -2.21. The molecule has 100 valence electrons. The van der Waals surface area contributed by atoms with Gasteiger partial charge < -0.3 is 10.1 Å². The molecule has 2 atom stereocenters. The van der Waals surface area contributed by atoms with E-state index >= 15 is 0 Å². The summed E-state index contributed by atoms with van der Waals surface area (Å²) in [6.45, 7) is 4.32. The number of pyridine rings is 1. The molecule has 0 aliphatic carbocycles. The molecule has 1 unspecified atom stereocenters. The van der Waals surface area contributed by atoms with Gasteiger partial charge in [0.1, 0.15) is 5.75 Å². The minimum absolute atomic E-state index is 0.262. The summed E-state index contributed by atoms with van der Waals surface area (Å²) in [5.41, 5.74) is 2.46. The largest absolute Gasteiger partial charge is 0.497 e. The number of ether oxygens (including phenoxy) is 1. The van der Waals surface area contributed by atoms with E-state index in [9.17, 15) is 0 Å². The molecule has 1 N–H and O–H groups in total. The summed E-state index contributed by atoms with van der Waals surface area (Å²) in [6, 6.07) is 12.8. The number of hydrogen-bond acceptors (Lipinski definition) is 3. The fourth-order valence-corrected chi connectivity index (χ4v) is 2.13. The van der Waals surface area contributed by atoms with E-state index in [1.807, 2.05) is 36.7 Å². The highest BCUT2D eigenvalue weighted by Crippen LogP contribution is 2.22. The fraction of sp³-hybridized carbons (Fsp3) is 0.312. The Morgan fingerprint density at radius 1 is 1.00 bits per heavy atom. The average molecular weight is 256 g/mol. The Kier molecular flexibility index (Phi) is 4.53. The Morgan fingerprint density at radius 2 is 1.68 bits per heavy atom. The summed E-state index contributed by atoms with van der Waals surface area (Å²) in [5.74, 6) is 0.891. The van der Waals surface area contributed by atoms with Crippen molar-refractivity contribution in [3.63, 3.8) is 0 Å². The second-order valence-electron chi connectivity index (χ2n) is 4.67. The minimum atomic E-state index is 0.262. The first kappa shape index (κ1) is 13.6. The van der Waals surface area contributed by atoms with Crippen LogP contribution in [0, 0.1) is 0 Å². The molecule has 0 saturated heterocycles. The predicted molar refractivity (Wildman–Crippen MR) is 77.2 cm³/mol. The van der Waals surface area contributed by atoms with Crippen molar-refractivity contribution in [3.05, 3.63) is 59.9 Å². The average Bonchev–Trinajstić information content (AvgIpc) is 2.48. The van der Waals surface area contributed by atoms with Gasteiger partial charge in [-0.15, -0.1) is 0 Å². The van der Waals surface area contributed by atoms with Crippen LogP contribution in [0.2, 0.25) is 0 Å². The number of hydrogen-bond donors (Lipinski definition) is 1. The van der Waals surface area contributed by atoms with Crippen molar-refractivity contribution in [1.82, 2.24) is 10.3 Å². The summed E-state index contributed by atoms with van der Waals surface area (Å²) >= 11 is 0. The molecule has 0 aliphatic rings. The Hall–Kier alpha value is -1.87. The quantitative estimate of drug-likeness (QED) is 0.889. The molecule has 1 aromatic carbocycles. The van der Waals surface area contributed by atoms with Crippen molar-refractivity contribution < 1.29 is 4.74 Å². The van der Waals surface area contributed by atoms with Crippen molar-refractivity contribution in [3.8, 4) is 5.75 Å². The van der Waals surface area contributed by atoms with Gasteiger partial charge in [0.2, 0.25) is 0 Å². The van der Waals surface area contributed by atoms with E-state index in [0.29, 0.717) is 0 Å². The maximum Gasteiger partial charge on any atom is 0.119 e. The highest BCUT2D eigenvalue weighted by atomic mass is 16.5. The molecule has 3 heteroatoms. The molecule has 1 heterocycles. The fourth-order valence-electron chi connectivity index (χ4n) is 2.13. The van der Waals surface area contributed by atoms with Gasteiger partial charge in [-0.2, -0.15) is 0 Å². The third-order valence-corrected chi connectivity index (χ3v) is 3.30. The summed E-state index contributed by atoms with van der Waals surface area (Å²) in [5, 5.41) is 3.58. The normalized spacial score (nSPS) is 13.8. The first-order chi connectivity index (χ1) is 9.20. The van der Waals surface area contributed by atoms with Crippen LogP contribution in [0.25, 0.3) is 0 Å². The van der Waals surface area contributed by atoms with Gasteiger partial charge in [0, 0.05) is 24.5 Å². The summed E-state index contributed by atoms with van der Waals surface area (Å²) < 4.78 is 5.26. The van der Waals surface area contributed by atoms with Gasteiger partial charge >= 0.3 is 0 Å². The van der Waals surface area contributed by atoms with Crippen LogP contribution in [0.4, 0.5) is 0 Å². The first-order valence-electron chi connectivity index (χ1n) is 6.50. The molecule has 0 bridgehead atoms. The Balaban J connectivity index is 2.06. The van der Waals surface area contributed by atoms with Crippen LogP contribution in [0.1, 0.15) is 37.1 Å². The number of benzene rings is 1. The molecule has 2 aromatic rings. The van der Waals surface area contributed by atoms with Gasteiger partial charge in [0.05, 0.1) is 7.11 Å². The molecule has 19 heavy (non-hydrogen) atoms. The highest BCUT2D eigenvalue weighted by Gasteiger charge is 2.11. The number of nitrogens with one attached hydrogen (secondary N) is 1. The molecule has 2 rings (SSSR count). The standard InChI is InChI=1S/C16H20N2O/c1-12(14-7-9-17-10-8-14)18-13(2)15-5-4-6-16(11-15)19-3/h4-13,18H,1-3H3/t12?,13-/m1/s1. The van der Waals surface area contributed by atoms with Crippen LogP contribution in [0.5, 0.6) is 5.75 Å². The molecule has 0 aliphatic heterocycles. The first-order valence-corrected chi connectivity index (χ1v) is 6.50. The molecule has 0 radical (unpaired) electrons. The molecule has 1 aromatic heterocycles. The highest BCUT2D eigenvalue weighted by molar-refractivity contribution is 5.30. The van der Waals surface area contributed by atoms with E-state index < -0.39 is 0 Å². The van der Waals surface area contributed by atoms with Crippen molar-refractivity contribution in [2.75, 3.05) is 7.11 Å². The molecule has 0 fully saturated rings. The van der Waals surface area contributed by atoms with E-state index in [4.69, 9.17) is 4.74 Å². The zero-order valence-corrected chi connectivity index (χ0v) is 11.6. The number of methoxy groups -OCH3 is 1. The number of rotatable bonds is 5. The number of aromatic nitrogens is 1. The van der Waals surface area contributed by atoms with Gasteiger partial charge in [-0.3, -0.25) is 4.98 Å². The summed E-state index contributed by atoms with van der Waals surface area (Å²) in [4.78, 5) is 4.04. The second-order valence-corrected chi connectivity index (χ2v) is 4.67. The van der Waals surface area contributed by atoms with Crippen molar-refractivity contribution >= 4 is 0 Å². The molecule has 0 amide bonds. The lowest BCUT2D eigenvalue weighted by atomic mass is 10.0. The monoisotopic (exact) mass is 256 g/mol. The predicted octanol–water partition coefficient (Wildman–Crippen LogP) is 3.50. The van der Waals surface area contributed by atoms with Crippen LogP contribution < -0.4 is 10.1 Å². The summed E-state index contributed by atoms with van der Waals surface area (Å²) in [7, 11) is 1.69. The van der Waals surface area contributed by atoms with Crippen LogP contribution in [-0.4, -0.2) is 12.1 Å². The maximum absolute atomic E-state index is 5.26. The van der Waals surface area contributed by atoms with Gasteiger partial charge in [-0.25, -0.2) is 0 Å². The van der Waals surface area contributed by atoms with E-state index in [1.165, 1.54) is 11.1 Å². The van der Waals surface area contributed by atoms with E-state index in [-0.39, 0.29) is 12.1 Å². The Bertz CT molecular complexity index is 513. The van der Waals surface area contributed by atoms with E-state index in [0.717, 1.165) is 5.75 Å². The van der Waals surface area contributed by atoms with Crippen molar-refractivity contribution in [2.24, 2.45) is 0 Å². The number of nitrogens with zero attached hydrogens (tertiary/aromatic N) is 1. The Labute approximate surface area is 114 Å². The SMILES string of the molecule is COc1cccc([C@@H](C)NC(C)c2ccncc2)c1. The van der Waals surface area contributed by atoms with Crippen LogP contribution >= 0.6 is 0 Å². The lowest BCUT2D eigenvalue weighted by molar-refractivity contribution is 0.412. The third kappa shape index (κ3) is 3.55. The van der Waals surface area contributed by atoms with Gasteiger partial charge in [0.25, 0.3) is 0 Å². The lowest BCUT2D eigenvalue weighted by Crippen LogP contribution is -2.22. The van der Waals surface area contributed by atoms with Gasteiger partial charge in [-0.1, -0.05) is 12.1 Å². The molecule has 3 nitrogen and oxygen atoms in total. The van der Waals surface area contributed by atoms with Crippen molar-refractivity contribution in [2.45, 2.75) is 25.9 Å². The second kappa shape index (κ2) is 6.34. The Morgan fingerprint density at radius 3 is 2.37 bits per heavy atom.